The van der Waals surface area contributed by atoms with Crippen molar-refractivity contribution in [2.24, 2.45) is 5.73 Å². The molecule has 0 rings (SSSR count). The molecule has 0 aromatic carbocycles. The number of allylic oxidation sites excluding steroid dienone is 1. The third-order valence-electron chi connectivity index (χ3n) is 0.980. The predicted molar refractivity (Wildman–Crippen MR) is 41.1 cm³/mol. The maximum Gasteiger partial charge on any atom is 0.0264 e. The fourth-order valence-electron chi connectivity index (χ4n) is 0.500. The largest absolute Gasteiger partial charge is 0.390 e. The van der Waals surface area contributed by atoms with Gasteiger partial charge in [-0.1, -0.05) is 19.4 Å². The normalized spacial score (nSPS) is 10.4. The molecule has 2 nitrogen and oxygen atoms in total. The van der Waals surface area contributed by atoms with Crippen molar-refractivity contribution >= 4 is 0 Å². The third-order valence-corrected chi connectivity index (χ3v) is 0.980. The fourth-order valence-corrected chi connectivity index (χ4v) is 0.500. The first-order valence-corrected chi connectivity index (χ1v) is 3.50. The fraction of sp³-hybridized carbons (Fsp3) is 0.714. The summed E-state index contributed by atoms with van der Waals surface area (Å²) in [5.41, 5.74) is 5.25. The summed E-state index contributed by atoms with van der Waals surface area (Å²) in [4.78, 5) is 0. The summed E-state index contributed by atoms with van der Waals surface area (Å²) in [6, 6.07) is 0. The van der Waals surface area contributed by atoms with E-state index in [-0.39, 0.29) is 0 Å². The molecule has 2 heteroatoms. The maximum atomic E-state index is 5.25. The molecule has 0 aromatic rings. The molecule has 0 aromatic heterocycles. The summed E-state index contributed by atoms with van der Waals surface area (Å²) < 4.78 is 0. The maximum absolute atomic E-state index is 5.25. The van der Waals surface area contributed by atoms with Gasteiger partial charge < -0.3 is 11.1 Å². The van der Waals surface area contributed by atoms with E-state index in [9.17, 15) is 0 Å². The van der Waals surface area contributed by atoms with Gasteiger partial charge in [0, 0.05) is 13.1 Å². The molecule has 0 unspecified atom stereocenters. The van der Waals surface area contributed by atoms with Crippen LogP contribution in [0.2, 0.25) is 0 Å². The standard InChI is InChI=1S/C7H16N2/c1-2-3-4-6-9-7-5-8/h4,6,9H,2-3,5,7-8H2,1H3. The van der Waals surface area contributed by atoms with Crippen LogP contribution in [-0.4, -0.2) is 13.1 Å². The highest BCUT2D eigenvalue weighted by Gasteiger charge is 1.73. The van der Waals surface area contributed by atoms with Crippen LogP contribution in [-0.2, 0) is 0 Å². The van der Waals surface area contributed by atoms with Crippen LogP contribution in [0, 0.1) is 0 Å². The Hall–Kier alpha value is -0.500. The lowest BCUT2D eigenvalue weighted by Gasteiger charge is -1.93. The first-order chi connectivity index (χ1) is 4.41. The summed E-state index contributed by atoms with van der Waals surface area (Å²) in [5, 5.41) is 3.06. The molecular weight excluding hydrogens is 112 g/mol. The topological polar surface area (TPSA) is 38.0 Å². The van der Waals surface area contributed by atoms with Crippen molar-refractivity contribution in [3.05, 3.63) is 12.3 Å². The van der Waals surface area contributed by atoms with E-state index < -0.39 is 0 Å². The van der Waals surface area contributed by atoms with E-state index >= 15 is 0 Å². The Morgan fingerprint density at radius 2 is 2.33 bits per heavy atom. The van der Waals surface area contributed by atoms with Gasteiger partial charge in [-0.15, -0.1) is 0 Å². The van der Waals surface area contributed by atoms with Crippen LogP contribution in [0.15, 0.2) is 12.3 Å². The second-order valence-corrected chi connectivity index (χ2v) is 1.93. The molecule has 0 saturated carbocycles. The van der Waals surface area contributed by atoms with Crippen molar-refractivity contribution < 1.29 is 0 Å². The Morgan fingerprint density at radius 3 is 2.89 bits per heavy atom. The van der Waals surface area contributed by atoms with Crippen LogP contribution in [0.25, 0.3) is 0 Å². The molecule has 0 amide bonds. The SMILES string of the molecule is CCCC=CNCCN. The number of rotatable bonds is 5. The van der Waals surface area contributed by atoms with Crippen molar-refractivity contribution in [1.82, 2.24) is 5.32 Å². The lowest BCUT2D eigenvalue weighted by molar-refractivity contribution is 0.833. The summed E-state index contributed by atoms with van der Waals surface area (Å²) in [6.07, 6.45) is 6.45. The van der Waals surface area contributed by atoms with Gasteiger partial charge in [0.1, 0.15) is 0 Å². The van der Waals surface area contributed by atoms with Gasteiger partial charge in [0.15, 0.2) is 0 Å². The van der Waals surface area contributed by atoms with Gasteiger partial charge in [0.25, 0.3) is 0 Å². The molecule has 0 heterocycles. The van der Waals surface area contributed by atoms with Crippen LogP contribution in [0.5, 0.6) is 0 Å². The molecule has 0 aliphatic heterocycles. The van der Waals surface area contributed by atoms with Crippen LogP contribution in [0.4, 0.5) is 0 Å². The molecule has 0 atom stereocenters. The van der Waals surface area contributed by atoms with Gasteiger partial charge in [0.05, 0.1) is 0 Å². The predicted octanol–water partition coefficient (Wildman–Crippen LogP) is 0.849. The minimum Gasteiger partial charge on any atom is -0.390 e. The van der Waals surface area contributed by atoms with Gasteiger partial charge in [-0.25, -0.2) is 0 Å². The Balaban J connectivity index is 2.86. The zero-order valence-electron chi connectivity index (χ0n) is 6.06. The van der Waals surface area contributed by atoms with E-state index in [2.05, 4.69) is 18.3 Å². The second kappa shape index (κ2) is 7.50. The van der Waals surface area contributed by atoms with Crippen molar-refractivity contribution in [2.75, 3.05) is 13.1 Å². The summed E-state index contributed by atoms with van der Waals surface area (Å²) in [7, 11) is 0. The average Bonchev–Trinajstić information content (AvgIpc) is 1.89. The van der Waals surface area contributed by atoms with Crippen molar-refractivity contribution in [1.29, 1.82) is 0 Å². The highest BCUT2D eigenvalue weighted by Crippen LogP contribution is 1.85. The molecule has 0 bridgehead atoms. The summed E-state index contributed by atoms with van der Waals surface area (Å²) in [5.74, 6) is 0. The van der Waals surface area contributed by atoms with E-state index in [1.54, 1.807) is 0 Å². The lowest BCUT2D eigenvalue weighted by atomic mass is 10.3. The zero-order chi connectivity index (χ0) is 6.95. The van der Waals surface area contributed by atoms with E-state index in [1.165, 1.54) is 6.42 Å². The van der Waals surface area contributed by atoms with Crippen LogP contribution in [0.3, 0.4) is 0 Å². The van der Waals surface area contributed by atoms with Crippen molar-refractivity contribution in [3.8, 4) is 0 Å². The minimum atomic E-state index is 0.705. The molecule has 54 valence electrons. The molecule has 0 saturated heterocycles. The average molecular weight is 128 g/mol. The molecule has 0 fully saturated rings. The first-order valence-electron chi connectivity index (χ1n) is 3.50. The molecule has 3 N–H and O–H groups in total. The lowest BCUT2D eigenvalue weighted by Crippen LogP contribution is -2.16. The molecular formula is C7H16N2. The monoisotopic (exact) mass is 128 g/mol. The van der Waals surface area contributed by atoms with Crippen LogP contribution < -0.4 is 11.1 Å². The van der Waals surface area contributed by atoms with Crippen molar-refractivity contribution in [2.45, 2.75) is 19.8 Å². The van der Waals surface area contributed by atoms with Crippen LogP contribution >= 0.6 is 0 Å². The first kappa shape index (κ1) is 8.50. The number of hydrogen-bond donors (Lipinski definition) is 2. The van der Waals surface area contributed by atoms with Gasteiger partial charge in [-0.05, 0) is 12.6 Å². The quantitative estimate of drug-likeness (QED) is 0.539. The van der Waals surface area contributed by atoms with E-state index in [4.69, 9.17) is 5.73 Å². The minimum absolute atomic E-state index is 0.705. The van der Waals surface area contributed by atoms with E-state index in [0.29, 0.717) is 6.54 Å². The molecule has 0 radical (unpaired) electrons. The van der Waals surface area contributed by atoms with Crippen LogP contribution in [0.1, 0.15) is 19.8 Å². The number of nitrogens with one attached hydrogen (secondary N) is 1. The highest BCUT2D eigenvalue weighted by molar-refractivity contribution is 4.78. The van der Waals surface area contributed by atoms with E-state index in [0.717, 1.165) is 13.0 Å². The summed E-state index contributed by atoms with van der Waals surface area (Å²) >= 11 is 0. The second-order valence-electron chi connectivity index (χ2n) is 1.93. The van der Waals surface area contributed by atoms with Gasteiger partial charge in [0.2, 0.25) is 0 Å². The Morgan fingerprint density at radius 1 is 1.56 bits per heavy atom. The number of hydrogen-bond acceptors (Lipinski definition) is 2. The smallest absolute Gasteiger partial charge is 0.0264 e. The number of nitrogens with two attached hydrogens (primary N) is 1. The Bertz CT molecular complexity index is 69.3. The van der Waals surface area contributed by atoms with Crippen molar-refractivity contribution in [3.63, 3.8) is 0 Å². The van der Waals surface area contributed by atoms with Gasteiger partial charge in [-0.3, -0.25) is 0 Å². The summed E-state index contributed by atoms with van der Waals surface area (Å²) in [6.45, 7) is 3.74. The Kier molecular flexibility index (Phi) is 7.08. The van der Waals surface area contributed by atoms with E-state index in [1.807, 2.05) is 6.20 Å². The molecule has 0 spiro atoms. The highest BCUT2D eigenvalue weighted by atomic mass is 14.8. The molecule has 0 aliphatic rings. The molecule has 9 heavy (non-hydrogen) atoms. The Labute approximate surface area is 57.1 Å². The van der Waals surface area contributed by atoms with Gasteiger partial charge in [-0.2, -0.15) is 0 Å². The third kappa shape index (κ3) is 7.50. The zero-order valence-corrected chi connectivity index (χ0v) is 6.06. The number of unbranched alkanes of at least 4 members (excludes halogenated alkanes) is 1. The van der Waals surface area contributed by atoms with Gasteiger partial charge >= 0.3 is 0 Å². The molecule has 0 aliphatic carbocycles.